The van der Waals surface area contributed by atoms with Crippen LogP contribution in [-0.2, 0) is 6.54 Å². The molecule has 1 N–H and O–H groups in total. The van der Waals surface area contributed by atoms with Gasteiger partial charge in [0.25, 0.3) is 11.8 Å². The van der Waals surface area contributed by atoms with Crippen molar-refractivity contribution in [1.29, 1.82) is 0 Å². The second-order valence-corrected chi connectivity index (χ2v) is 7.33. The molecular formula is C19H17ClN2O3S. The smallest absolute Gasteiger partial charge is 0.291 e. The first kappa shape index (κ1) is 18.2. The number of hydrogen-bond acceptors (Lipinski definition) is 4. The summed E-state index contributed by atoms with van der Waals surface area (Å²) >= 11 is 7.24. The van der Waals surface area contributed by atoms with E-state index in [-0.39, 0.29) is 17.6 Å². The number of anilines is 1. The van der Waals surface area contributed by atoms with E-state index in [4.69, 9.17) is 16.0 Å². The highest BCUT2D eigenvalue weighted by molar-refractivity contribution is 7.18. The van der Waals surface area contributed by atoms with E-state index < -0.39 is 0 Å². The van der Waals surface area contributed by atoms with Crippen molar-refractivity contribution in [2.75, 3.05) is 12.4 Å². The molecule has 3 rings (SSSR count). The van der Waals surface area contributed by atoms with E-state index in [0.717, 1.165) is 11.1 Å². The first-order valence-electron chi connectivity index (χ1n) is 7.89. The summed E-state index contributed by atoms with van der Waals surface area (Å²) < 4.78 is 5.07. The summed E-state index contributed by atoms with van der Waals surface area (Å²) in [5.74, 6) is -0.226. The van der Waals surface area contributed by atoms with Crippen molar-refractivity contribution in [2.24, 2.45) is 0 Å². The summed E-state index contributed by atoms with van der Waals surface area (Å²) in [6.45, 7) is 2.30. The summed E-state index contributed by atoms with van der Waals surface area (Å²) in [6.07, 6.45) is 1.44. The number of hydrogen-bond donors (Lipinski definition) is 1. The number of furan rings is 1. The van der Waals surface area contributed by atoms with E-state index in [2.05, 4.69) is 5.32 Å². The highest BCUT2D eigenvalue weighted by atomic mass is 35.5. The molecule has 0 unspecified atom stereocenters. The molecular weight excluding hydrogens is 372 g/mol. The lowest BCUT2D eigenvalue weighted by molar-refractivity contribution is 0.0789. The Morgan fingerprint density at radius 2 is 2.04 bits per heavy atom. The number of carbonyl (C=O) groups is 2. The first-order valence-corrected chi connectivity index (χ1v) is 9.08. The molecule has 0 spiro atoms. The minimum Gasteiger partial charge on any atom is -0.459 e. The second kappa shape index (κ2) is 7.76. The van der Waals surface area contributed by atoms with Crippen LogP contribution in [0.1, 0.15) is 31.4 Å². The summed E-state index contributed by atoms with van der Waals surface area (Å²) in [5.41, 5.74) is 1.77. The Morgan fingerprint density at radius 3 is 2.73 bits per heavy atom. The zero-order valence-corrected chi connectivity index (χ0v) is 15.9. The van der Waals surface area contributed by atoms with Crippen LogP contribution in [0, 0.1) is 6.92 Å². The van der Waals surface area contributed by atoms with Crippen molar-refractivity contribution in [3.8, 4) is 0 Å². The predicted octanol–water partition coefficient (Wildman–Crippen LogP) is 4.83. The van der Waals surface area contributed by atoms with Crippen LogP contribution >= 0.6 is 22.9 Å². The van der Waals surface area contributed by atoms with Crippen molar-refractivity contribution >= 4 is 39.8 Å². The molecule has 26 heavy (non-hydrogen) atoms. The maximum atomic E-state index is 12.8. The first-order chi connectivity index (χ1) is 12.4. The lowest BCUT2D eigenvalue weighted by Crippen LogP contribution is -2.25. The van der Waals surface area contributed by atoms with Gasteiger partial charge >= 0.3 is 0 Å². The van der Waals surface area contributed by atoms with Crippen molar-refractivity contribution in [1.82, 2.24) is 4.90 Å². The van der Waals surface area contributed by atoms with Crippen molar-refractivity contribution in [3.05, 3.63) is 75.5 Å². The largest absolute Gasteiger partial charge is 0.459 e. The lowest BCUT2D eigenvalue weighted by Gasteiger charge is -2.17. The van der Waals surface area contributed by atoms with E-state index in [1.807, 2.05) is 25.1 Å². The summed E-state index contributed by atoms with van der Waals surface area (Å²) in [6, 6.07) is 12.4. The van der Waals surface area contributed by atoms with Gasteiger partial charge in [-0.2, -0.15) is 0 Å². The fourth-order valence-electron chi connectivity index (χ4n) is 2.49. The molecule has 0 atom stereocenters. The van der Waals surface area contributed by atoms with Gasteiger partial charge in [-0.1, -0.05) is 23.7 Å². The molecule has 0 saturated carbocycles. The monoisotopic (exact) mass is 388 g/mol. The maximum absolute atomic E-state index is 12.8. The highest BCUT2D eigenvalue weighted by Crippen LogP contribution is 2.28. The number of carbonyl (C=O) groups excluding carboxylic acids is 2. The molecule has 1 aromatic carbocycles. The lowest BCUT2D eigenvalue weighted by atomic mass is 10.2. The third kappa shape index (κ3) is 4.15. The molecule has 2 aromatic heterocycles. The van der Waals surface area contributed by atoms with Gasteiger partial charge in [0.15, 0.2) is 5.76 Å². The van der Waals surface area contributed by atoms with Crippen LogP contribution in [0.5, 0.6) is 0 Å². The number of nitrogens with zero attached hydrogens (tertiary/aromatic N) is 1. The Hall–Kier alpha value is -2.57. The molecule has 0 aliphatic rings. The second-order valence-electron chi connectivity index (χ2n) is 5.85. The van der Waals surface area contributed by atoms with E-state index in [1.165, 1.54) is 17.6 Å². The third-order valence-corrected chi connectivity index (χ3v) is 5.12. The van der Waals surface area contributed by atoms with E-state index >= 15 is 0 Å². The highest BCUT2D eigenvalue weighted by Gasteiger charge is 2.19. The Morgan fingerprint density at radius 1 is 1.23 bits per heavy atom. The quantitative estimate of drug-likeness (QED) is 0.681. The van der Waals surface area contributed by atoms with Gasteiger partial charge in [0.2, 0.25) is 0 Å². The van der Waals surface area contributed by atoms with Crippen LogP contribution < -0.4 is 5.32 Å². The van der Waals surface area contributed by atoms with Crippen molar-refractivity contribution in [3.63, 3.8) is 0 Å². The van der Waals surface area contributed by atoms with Gasteiger partial charge < -0.3 is 14.6 Å². The van der Waals surface area contributed by atoms with E-state index in [1.54, 1.807) is 36.2 Å². The average Bonchev–Trinajstić information content (AvgIpc) is 3.24. The Balaban J connectivity index is 1.71. The van der Waals surface area contributed by atoms with Gasteiger partial charge in [-0.25, -0.2) is 0 Å². The summed E-state index contributed by atoms with van der Waals surface area (Å²) in [5, 5.41) is 3.99. The van der Waals surface area contributed by atoms with Gasteiger partial charge in [-0.15, -0.1) is 11.3 Å². The molecule has 0 radical (unpaired) electrons. The third-order valence-electron chi connectivity index (χ3n) is 3.75. The number of rotatable bonds is 5. The molecule has 7 heteroatoms. The molecule has 0 fully saturated rings. The molecule has 0 bridgehead atoms. The van der Waals surface area contributed by atoms with Crippen LogP contribution in [0.2, 0.25) is 5.02 Å². The number of aryl methyl sites for hydroxylation is 1. The number of benzene rings is 1. The van der Waals surface area contributed by atoms with Gasteiger partial charge in [0.05, 0.1) is 16.1 Å². The standard InChI is InChI=1S/C19H17ClN2O3S/c1-12-9-16(21-18(23)15-7-4-8-25-15)26-17(12)19(24)22(2)11-13-5-3-6-14(20)10-13/h3-10H,11H2,1-2H3,(H,21,23). The van der Waals surface area contributed by atoms with Crippen LogP contribution in [0.15, 0.2) is 53.1 Å². The number of nitrogens with one attached hydrogen (secondary N) is 1. The molecule has 0 saturated heterocycles. The maximum Gasteiger partial charge on any atom is 0.291 e. The van der Waals surface area contributed by atoms with Crippen LogP contribution in [0.3, 0.4) is 0 Å². The molecule has 134 valence electrons. The number of thiophene rings is 1. The zero-order chi connectivity index (χ0) is 18.7. The topological polar surface area (TPSA) is 62.6 Å². The minimum absolute atomic E-state index is 0.106. The number of amides is 2. The molecule has 2 amide bonds. The summed E-state index contributed by atoms with van der Waals surface area (Å²) in [4.78, 5) is 27.0. The zero-order valence-electron chi connectivity index (χ0n) is 14.3. The van der Waals surface area contributed by atoms with E-state index in [9.17, 15) is 9.59 Å². The van der Waals surface area contributed by atoms with Gasteiger partial charge in [-0.3, -0.25) is 9.59 Å². The Bertz CT molecular complexity index is 934. The van der Waals surface area contributed by atoms with Gasteiger partial charge in [-0.05, 0) is 48.4 Å². The molecule has 3 aromatic rings. The minimum atomic E-state index is -0.345. The molecule has 5 nitrogen and oxygen atoms in total. The van der Waals surface area contributed by atoms with Crippen LogP contribution in [-0.4, -0.2) is 23.8 Å². The summed E-state index contributed by atoms with van der Waals surface area (Å²) in [7, 11) is 1.74. The van der Waals surface area contributed by atoms with Crippen LogP contribution in [0.25, 0.3) is 0 Å². The van der Waals surface area contributed by atoms with Crippen molar-refractivity contribution in [2.45, 2.75) is 13.5 Å². The Kier molecular flexibility index (Phi) is 5.44. The normalized spacial score (nSPS) is 10.6. The van der Waals surface area contributed by atoms with Gasteiger partial charge in [0.1, 0.15) is 0 Å². The van der Waals surface area contributed by atoms with E-state index in [0.29, 0.717) is 21.4 Å². The number of halogens is 1. The predicted molar refractivity (Wildman–Crippen MR) is 103 cm³/mol. The Labute approximate surface area is 160 Å². The van der Waals surface area contributed by atoms with Crippen molar-refractivity contribution < 1.29 is 14.0 Å². The van der Waals surface area contributed by atoms with Crippen LogP contribution in [0.4, 0.5) is 5.00 Å². The molecule has 0 aliphatic heterocycles. The fourth-order valence-corrected chi connectivity index (χ4v) is 3.77. The fraction of sp³-hybridized carbons (Fsp3) is 0.158. The average molecular weight is 389 g/mol. The van der Waals surface area contributed by atoms with Gasteiger partial charge in [0, 0.05) is 18.6 Å². The molecule has 0 aliphatic carbocycles. The SMILES string of the molecule is Cc1cc(NC(=O)c2ccco2)sc1C(=O)N(C)Cc1cccc(Cl)c1. The molecule has 2 heterocycles.